The van der Waals surface area contributed by atoms with Crippen molar-refractivity contribution < 1.29 is 4.79 Å². The number of aromatic nitrogens is 1. The van der Waals surface area contributed by atoms with E-state index in [0.717, 1.165) is 43.8 Å². The second kappa shape index (κ2) is 6.68. The smallest absolute Gasteiger partial charge is 0.228 e. The number of nitrogens with one attached hydrogen (secondary N) is 1. The number of hydrogen-bond acceptors (Lipinski definition) is 4. The molecule has 1 saturated heterocycles. The molecule has 2 rings (SSSR count). The predicted octanol–water partition coefficient (Wildman–Crippen LogP) is 2.58. The Hall–Kier alpha value is -0.940. The van der Waals surface area contributed by atoms with E-state index in [2.05, 4.69) is 17.2 Å². The van der Waals surface area contributed by atoms with E-state index >= 15 is 0 Å². The monoisotopic (exact) mass is 295 g/mol. The van der Waals surface area contributed by atoms with Crippen molar-refractivity contribution in [3.8, 4) is 0 Å². The minimum Gasteiger partial charge on any atom is -0.340 e. The molecule has 0 radical (unpaired) electrons. The molecule has 0 spiro atoms. The van der Waals surface area contributed by atoms with Crippen molar-refractivity contribution in [1.82, 2.24) is 15.2 Å². The van der Waals surface area contributed by atoms with E-state index in [0.29, 0.717) is 12.5 Å². The lowest BCUT2D eigenvalue weighted by Gasteiger charge is -2.39. The molecule has 1 aliphatic rings. The van der Waals surface area contributed by atoms with Crippen LogP contribution in [0.1, 0.15) is 42.5 Å². The number of thiazole rings is 1. The molecule has 1 aromatic rings. The van der Waals surface area contributed by atoms with Gasteiger partial charge in [-0.3, -0.25) is 4.79 Å². The Labute approximate surface area is 125 Å². The lowest BCUT2D eigenvalue weighted by molar-refractivity contribution is -0.143. The zero-order valence-corrected chi connectivity index (χ0v) is 13.6. The SMILES string of the molecule is CCCC1(C(=O)N(C)Cc2cnc(C)s2)CCNCC1. The van der Waals surface area contributed by atoms with Gasteiger partial charge in [-0.1, -0.05) is 13.3 Å². The van der Waals surface area contributed by atoms with Gasteiger partial charge in [0.25, 0.3) is 0 Å². The number of aryl methyl sites for hydroxylation is 1. The summed E-state index contributed by atoms with van der Waals surface area (Å²) in [5, 5.41) is 4.43. The van der Waals surface area contributed by atoms with Crippen molar-refractivity contribution in [2.24, 2.45) is 5.41 Å². The van der Waals surface area contributed by atoms with E-state index < -0.39 is 0 Å². The number of hydrogen-bond donors (Lipinski definition) is 1. The van der Waals surface area contributed by atoms with Crippen LogP contribution in [0.5, 0.6) is 0 Å². The fourth-order valence-corrected chi connectivity index (χ4v) is 3.99. The van der Waals surface area contributed by atoms with Crippen LogP contribution in [0.15, 0.2) is 6.20 Å². The summed E-state index contributed by atoms with van der Waals surface area (Å²) in [4.78, 5) is 20.2. The minimum absolute atomic E-state index is 0.144. The van der Waals surface area contributed by atoms with Crippen LogP contribution in [0.3, 0.4) is 0 Å². The van der Waals surface area contributed by atoms with Crippen molar-refractivity contribution in [2.45, 2.75) is 46.1 Å². The largest absolute Gasteiger partial charge is 0.340 e. The number of rotatable bonds is 5. The average molecular weight is 295 g/mol. The maximum absolute atomic E-state index is 12.9. The van der Waals surface area contributed by atoms with Crippen LogP contribution in [0.25, 0.3) is 0 Å². The van der Waals surface area contributed by atoms with E-state index in [4.69, 9.17) is 0 Å². The van der Waals surface area contributed by atoms with Crippen LogP contribution < -0.4 is 5.32 Å². The second-order valence-electron chi connectivity index (χ2n) is 5.79. The zero-order valence-electron chi connectivity index (χ0n) is 12.7. The van der Waals surface area contributed by atoms with Gasteiger partial charge in [0.1, 0.15) is 0 Å². The van der Waals surface area contributed by atoms with Gasteiger partial charge in [0, 0.05) is 18.1 Å². The molecule has 1 N–H and O–H groups in total. The molecule has 0 bridgehead atoms. The summed E-state index contributed by atoms with van der Waals surface area (Å²) in [6.45, 7) is 6.77. The molecule has 112 valence electrons. The van der Waals surface area contributed by atoms with Crippen molar-refractivity contribution in [2.75, 3.05) is 20.1 Å². The number of piperidine rings is 1. The van der Waals surface area contributed by atoms with Gasteiger partial charge >= 0.3 is 0 Å². The Kier molecular flexibility index (Phi) is 5.16. The van der Waals surface area contributed by atoms with Crippen LogP contribution in [-0.2, 0) is 11.3 Å². The van der Waals surface area contributed by atoms with Gasteiger partial charge in [-0.05, 0) is 39.3 Å². The van der Waals surface area contributed by atoms with E-state index in [9.17, 15) is 4.79 Å². The molecule has 0 atom stereocenters. The van der Waals surface area contributed by atoms with Gasteiger partial charge < -0.3 is 10.2 Å². The van der Waals surface area contributed by atoms with Crippen LogP contribution in [0, 0.1) is 12.3 Å². The summed E-state index contributed by atoms with van der Waals surface area (Å²) in [6, 6.07) is 0. The van der Waals surface area contributed by atoms with E-state index in [1.165, 1.54) is 4.88 Å². The third-order valence-electron chi connectivity index (χ3n) is 4.15. The summed E-state index contributed by atoms with van der Waals surface area (Å²) >= 11 is 1.68. The lowest BCUT2D eigenvalue weighted by atomic mass is 9.74. The molecule has 1 fully saturated rings. The molecule has 0 unspecified atom stereocenters. The van der Waals surface area contributed by atoms with Gasteiger partial charge in [0.15, 0.2) is 0 Å². The van der Waals surface area contributed by atoms with Crippen LogP contribution in [-0.4, -0.2) is 35.9 Å². The molecule has 2 heterocycles. The highest BCUT2D eigenvalue weighted by molar-refractivity contribution is 7.11. The van der Waals surface area contributed by atoms with E-state index in [1.54, 1.807) is 11.3 Å². The molecular weight excluding hydrogens is 270 g/mol. The maximum Gasteiger partial charge on any atom is 0.228 e. The van der Waals surface area contributed by atoms with Crippen LogP contribution in [0.2, 0.25) is 0 Å². The number of carbonyl (C=O) groups is 1. The summed E-state index contributed by atoms with van der Waals surface area (Å²) in [6.07, 6.45) is 5.88. The number of amides is 1. The highest BCUT2D eigenvalue weighted by Crippen LogP contribution is 2.36. The molecule has 1 aliphatic heterocycles. The predicted molar refractivity (Wildman–Crippen MR) is 82.8 cm³/mol. The van der Waals surface area contributed by atoms with Gasteiger partial charge in [-0.15, -0.1) is 11.3 Å². The fourth-order valence-electron chi connectivity index (χ4n) is 3.14. The molecule has 20 heavy (non-hydrogen) atoms. The van der Waals surface area contributed by atoms with Gasteiger partial charge in [0.2, 0.25) is 5.91 Å². The molecule has 0 aliphatic carbocycles. The van der Waals surface area contributed by atoms with Crippen molar-refractivity contribution >= 4 is 17.2 Å². The first-order valence-electron chi connectivity index (χ1n) is 7.45. The molecule has 4 nitrogen and oxygen atoms in total. The van der Waals surface area contributed by atoms with E-state index in [-0.39, 0.29) is 5.41 Å². The highest BCUT2D eigenvalue weighted by atomic mass is 32.1. The molecule has 0 saturated carbocycles. The highest BCUT2D eigenvalue weighted by Gasteiger charge is 2.40. The van der Waals surface area contributed by atoms with Crippen LogP contribution >= 0.6 is 11.3 Å². The summed E-state index contributed by atoms with van der Waals surface area (Å²) in [5.74, 6) is 0.312. The Morgan fingerprint density at radius 3 is 2.75 bits per heavy atom. The summed E-state index contributed by atoms with van der Waals surface area (Å²) in [5.41, 5.74) is -0.144. The fraction of sp³-hybridized carbons (Fsp3) is 0.733. The Morgan fingerprint density at radius 1 is 1.50 bits per heavy atom. The standard InChI is InChI=1S/C15H25N3OS/c1-4-5-15(6-8-16-9-7-15)14(19)18(3)11-13-10-17-12(2)20-13/h10,16H,4-9,11H2,1-3H3. The normalized spacial score (nSPS) is 17.9. The first kappa shape index (κ1) is 15.4. The second-order valence-corrected chi connectivity index (χ2v) is 7.11. The summed E-state index contributed by atoms with van der Waals surface area (Å²) < 4.78 is 0. The molecular formula is C15H25N3OS. The third-order valence-corrected chi connectivity index (χ3v) is 5.05. The van der Waals surface area contributed by atoms with Gasteiger partial charge in [-0.25, -0.2) is 4.98 Å². The van der Waals surface area contributed by atoms with Crippen molar-refractivity contribution in [1.29, 1.82) is 0 Å². The quantitative estimate of drug-likeness (QED) is 0.908. The molecule has 1 amide bonds. The molecule has 1 aromatic heterocycles. The average Bonchev–Trinajstić information content (AvgIpc) is 2.84. The lowest BCUT2D eigenvalue weighted by Crippen LogP contribution is -2.47. The Bertz CT molecular complexity index is 446. The molecule has 5 heteroatoms. The number of nitrogens with zero attached hydrogens (tertiary/aromatic N) is 2. The Morgan fingerprint density at radius 2 is 2.20 bits per heavy atom. The van der Waals surface area contributed by atoms with E-state index in [1.807, 2.05) is 25.1 Å². The first-order chi connectivity index (χ1) is 9.57. The van der Waals surface area contributed by atoms with Crippen molar-refractivity contribution in [3.63, 3.8) is 0 Å². The topological polar surface area (TPSA) is 45.2 Å². The van der Waals surface area contributed by atoms with Gasteiger partial charge in [-0.2, -0.15) is 0 Å². The first-order valence-corrected chi connectivity index (χ1v) is 8.26. The third kappa shape index (κ3) is 3.38. The summed E-state index contributed by atoms with van der Waals surface area (Å²) in [7, 11) is 1.93. The zero-order chi connectivity index (χ0) is 14.6. The van der Waals surface area contributed by atoms with Crippen molar-refractivity contribution in [3.05, 3.63) is 16.1 Å². The Balaban J connectivity index is 2.06. The number of carbonyl (C=O) groups excluding carboxylic acids is 1. The minimum atomic E-state index is -0.144. The molecule has 0 aromatic carbocycles. The maximum atomic E-state index is 12.9. The van der Waals surface area contributed by atoms with Crippen LogP contribution in [0.4, 0.5) is 0 Å². The van der Waals surface area contributed by atoms with Gasteiger partial charge in [0.05, 0.1) is 17.0 Å².